The van der Waals surface area contributed by atoms with Crippen LogP contribution in [-0.4, -0.2) is 9.96 Å². The van der Waals surface area contributed by atoms with E-state index >= 15 is 0 Å². The van der Waals surface area contributed by atoms with Crippen LogP contribution in [-0.2, 0) is 0 Å². The minimum atomic E-state index is -1.67. The van der Waals surface area contributed by atoms with Crippen LogP contribution in [0.5, 0.6) is 0 Å². The van der Waals surface area contributed by atoms with Crippen molar-refractivity contribution < 1.29 is 4.89 Å². The molecule has 1 heterocycles. The van der Waals surface area contributed by atoms with E-state index in [1.165, 1.54) is 0 Å². The molecule has 0 saturated heterocycles. The highest BCUT2D eigenvalue weighted by Gasteiger charge is 2.04. The number of hydrogen-bond acceptors (Lipinski definition) is 3. The Labute approximate surface area is 87.2 Å². The minimum absolute atomic E-state index is 0.795. The first-order valence-corrected chi connectivity index (χ1v) is 5.87. The van der Waals surface area contributed by atoms with Crippen molar-refractivity contribution >= 4 is 29.6 Å². The Morgan fingerprint density at radius 2 is 1.87 bits per heavy atom. The Hall–Kier alpha value is -1.57. The van der Waals surface area contributed by atoms with Crippen molar-refractivity contribution in [2.75, 3.05) is 0 Å². The van der Waals surface area contributed by atoms with Crippen LogP contribution in [0, 0.1) is 0 Å². The van der Waals surface area contributed by atoms with Gasteiger partial charge in [-0.2, -0.15) is 0 Å². The highest BCUT2D eigenvalue weighted by molar-refractivity contribution is 7.37. The normalized spacial score (nSPS) is 12.2. The Morgan fingerprint density at radius 3 is 2.80 bits per heavy atom. The number of benzene rings is 2. The highest BCUT2D eigenvalue weighted by Crippen LogP contribution is 2.26. The Kier molecular flexibility index (Phi) is 1.88. The molecule has 0 N–H and O–H groups in total. The first-order chi connectivity index (χ1) is 7.34. The molecule has 2 aromatic carbocycles. The number of fused-ring (bicyclic) bond motifs is 3. The van der Waals surface area contributed by atoms with Gasteiger partial charge in [0.2, 0.25) is 7.92 Å². The SMILES string of the molecule is [O-][p+]1cc2c(ccc3ccccc32)nn1. The third-order valence-electron chi connectivity index (χ3n) is 2.43. The van der Waals surface area contributed by atoms with Crippen LogP contribution in [0.1, 0.15) is 0 Å². The number of rotatable bonds is 0. The monoisotopic (exact) mass is 214 g/mol. The lowest BCUT2D eigenvalue weighted by atomic mass is 10.1. The van der Waals surface area contributed by atoms with Crippen molar-refractivity contribution in [2.45, 2.75) is 0 Å². The summed E-state index contributed by atoms with van der Waals surface area (Å²) in [7, 11) is -1.67. The van der Waals surface area contributed by atoms with E-state index in [4.69, 9.17) is 0 Å². The van der Waals surface area contributed by atoms with Gasteiger partial charge in [0, 0.05) is 4.86 Å². The number of nitrogens with zero attached hydrogens (tertiary/aromatic N) is 2. The molecule has 1 atom stereocenters. The van der Waals surface area contributed by atoms with Crippen LogP contribution in [0.3, 0.4) is 0 Å². The van der Waals surface area contributed by atoms with Gasteiger partial charge in [0.15, 0.2) is 0 Å². The molecule has 1 aromatic heterocycles. The van der Waals surface area contributed by atoms with Gasteiger partial charge in [0.25, 0.3) is 0 Å². The molecule has 0 aliphatic rings. The van der Waals surface area contributed by atoms with Gasteiger partial charge in [-0.25, -0.2) is 0 Å². The second kappa shape index (κ2) is 3.23. The lowest BCUT2D eigenvalue weighted by molar-refractivity contribution is -0.153. The van der Waals surface area contributed by atoms with Crippen LogP contribution in [0.15, 0.2) is 42.2 Å². The summed E-state index contributed by atoms with van der Waals surface area (Å²) in [4.78, 5) is 15.0. The highest BCUT2D eigenvalue weighted by atomic mass is 31.1. The summed E-state index contributed by atoms with van der Waals surface area (Å²) >= 11 is 0. The maximum atomic E-state index is 11.3. The van der Waals surface area contributed by atoms with Crippen LogP contribution < -0.4 is 4.89 Å². The lowest BCUT2D eigenvalue weighted by Gasteiger charge is -2.00. The molecule has 72 valence electrons. The second-order valence-corrected chi connectivity index (χ2v) is 4.38. The molecule has 4 heteroatoms. The number of aromatic nitrogens is 2. The van der Waals surface area contributed by atoms with E-state index in [0.29, 0.717) is 0 Å². The van der Waals surface area contributed by atoms with Gasteiger partial charge in [0.05, 0.1) is 5.39 Å². The van der Waals surface area contributed by atoms with Crippen molar-refractivity contribution in [3.8, 4) is 0 Å². The van der Waals surface area contributed by atoms with Gasteiger partial charge in [-0.3, -0.25) is 0 Å². The first kappa shape index (κ1) is 8.72. The average molecular weight is 214 g/mol. The van der Waals surface area contributed by atoms with E-state index in [1.807, 2.05) is 36.4 Å². The third-order valence-corrected chi connectivity index (χ3v) is 3.17. The third kappa shape index (κ3) is 1.37. The summed E-state index contributed by atoms with van der Waals surface area (Å²) in [5, 5.41) is 7.08. The van der Waals surface area contributed by atoms with E-state index in [-0.39, 0.29) is 0 Å². The average Bonchev–Trinajstić information content (AvgIpc) is 2.29. The second-order valence-electron chi connectivity index (χ2n) is 3.34. The fraction of sp³-hybridized carbons (Fsp3) is 0. The molecule has 0 bridgehead atoms. The Bertz CT molecular complexity index is 654. The zero-order valence-electron chi connectivity index (χ0n) is 7.79. The molecule has 3 nitrogen and oxygen atoms in total. The van der Waals surface area contributed by atoms with E-state index < -0.39 is 7.92 Å². The molecule has 3 rings (SSSR count). The smallest absolute Gasteiger partial charge is 0.227 e. The summed E-state index contributed by atoms with van der Waals surface area (Å²) in [5.41, 5.74) is 0.795. The molecule has 1 unspecified atom stereocenters. The van der Waals surface area contributed by atoms with Crippen molar-refractivity contribution in [2.24, 2.45) is 0 Å². The standard InChI is InChI=1S/C11H7N2OP/c14-15-7-10-9-4-2-1-3-8(9)5-6-11(10)12-13-15/h1-7H. The summed E-state index contributed by atoms with van der Waals surface area (Å²) in [6.45, 7) is 0. The topological polar surface area (TPSA) is 48.8 Å². The predicted molar refractivity (Wildman–Crippen MR) is 59.6 cm³/mol. The van der Waals surface area contributed by atoms with Gasteiger partial charge in [-0.1, -0.05) is 30.3 Å². The molecule has 0 radical (unpaired) electrons. The van der Waals surface area contributed by atoms with Crippen LogP contribution in [0.25, 0.3) is 21.7 Å². The van der Waals surface area contributed by atoms with Crippen LogP contribution in [0.2, 0.25) is 0 Å². The molecule has 3 aromatic rings. The van der Waals surface area contributed by atoms with Crippen molar-refractivity contribution in [1.29, 1.82) is 0 Å². The van der Waals surface area contributed by atoms with Crippen molar-refractivity contribution in [1.82, 2.24) is 9.96 Å². The van der Waals surface area contributed by atoms with E-state index in [0.717, 1.165) is 21.7 Å². The molecule has 0 fully saturated rings. The van der Waals surface area contributed by atoms with Gasteiger partial charge < -0.3 is 4.89 Å². The molecular formula is C11H7N2OP. The molecule has 0 spiro atoms. The lowest BCUT2D eigenvalue weighted by Crippen LogP contribution is -1.90. The Balaban J connectivity index is 2.57. The van der Waals surface area contributed by atoms with Gasteiger partial charge in [0.1, 0.15) is 11.3 Å². The van der Waals surface area contributed by atoms with Gasteiger partial charge in [-0.15, -0.1) is 5.10 Å². The van der Waals surface area contributed by atoms with Gasteiger partial charge in [-0.05, 0) is 16.8 Å². The fourth-order valence-electron chi connectivity index (χ4n) is 1.74. The van der Waals surface area contributed by atoms with E-state index in [1.54, 1.807) is 5.80 Å². The summed E-state index contributed by atoms with van der Waals surface area (Å²) < 4.78 is 0. The van der Waals surface area contributed by atoms with Gasteiger partial charge >= 0.3 is 0 Å². The van der Waals surface area contributed by atoms with Crippen LogP contribution >= 0.6 is 7.92 Å². The number of hydrogen-bond donors (Lipinski definition) is 0. The largest absolute Gasteiger partial charge is 0.606 e. The zero-order chi connectivity index (χ0) is 10.3. The molecule has 15 heavy (non-hydrogen) atoms. The minimum Gasteiger partial charge on any atom is -0.606 e. The van der Waals surface area contributed by atoms with E-state index in [2.05, 4.69) is 9.96 Å². The van der Waals surface area contributed by atoms with E-state index in [9.17, 15) is 4.89 Å². The van der Waals surface area contributed by atoms with Crippen LogP contribution in [0.4, 0.5) is 0 Å². The fourth-order valence-corrected chi connectivity index (χ4v) is 2.46. The Morgan fingerprint density at radius 1 is 1.00 bits per heavy atom. The molecule has 0 aliphatic heterocycles. The maximum absolute atomic E-state index is 11.3. The molecule has 0 aliphatic carbocycles. The zero-order valence-corrected chi connectivity index (χ0v) is 8.69. The quantitative estimate of drug-likeness (QED) is 0.539. The molecule has 0 amide bonds. The molecule has 0 saturated carbocycles. The maximum Gasteiger partial charge on any atom is 0.227 e. The van der Waals surface area contributed by atoms with Crippen molar-refractivity contribution in [3.05, 3.63) is 42.2 Å². The predicted octanol–water partition coefficient (Wildman–Crippen LogP) is 2.17. The summed E-state index contributed by atoms with van der Waals surface area (Å²) in [6.07, 6.45) is 0. The summed E-state index contributed by atoms with van der Waals surface area (Å²) in [5.74, 6) is 1.68. The summed E-state index contributed by atoms with van der Waals surface area (Å²) in [6, 6.07) is 11.9. The molecular weight excluding hydrogens is 207 g/mol. The first-order valence-electron chi connectivity index (χ1n) is 4.59. The van der Waals surface area contributed by atoms with Crippen molar-refractivity contribution in [3.63, 3.8) is 0 Å².